The van der Waals surface area contributed by atoms with E-state index in [2.05, 4.69) is 4.98 Å². The molecule has 2 nitrogen and oxygen atoms in total. The third kappa shape index (κ3) is 3.48. The molecule has 2 aromatic rings. The predicted octanol–water partition coefficient (Wildman–Crippen LogP) is 3.73. The van der Waals surface area contributed by atoms with Crippen LogP contribution in [0.1, 0.15) is 12.5 Å². The second-order valence-corrected chi connectivity index (χ2v) is 5.74. The first-order valence-corrected chi connectivity index (χ1v) is 6.95. The minimum atomic E-state index is -0.890. The predicted molar refractivity (Wildman–Crippen MR) is 76.0 cm³/mol. The maximum atomic E-state index is 10.4. The molecule has 1 unspecified atom stereocenters. The molecule has 0 saturated carbocycles. The summed E-state index contributed by atoms with van der Waals surface area (Å²) in [6, 6.07) is 11.3. The molecule has 0 saturated heterocycles. The summed E-state index contributed by atoms with van der Waals surface area (Å²) >= 11 is 7.43. The topological polar surface area (TPSA) is 33.1 Å². The van der Waals surface area contributed by atoms with Gasteiger partial charge in [0.05, 0.1) is 5.60 Å². The third-order valence-corrected chi connectivity index (χ3v) is 4.18. The SMILES string of the molecule is CC(O)(CSc1ccc(Cl)cc1)c1cccnc1. The maximum Gasteiger partial charge on any atom is 0.0976 e. The van der Waals surface area contributed by atoms with Gasteiger partial charge in [-0.15, -0.1) is 11.8 Å². The number of hydrogen-bond donors (Lipinski definition) is 1. The Kier molecular flexibility index (Phi) is 4.27. The number of aromatic nitrogens is 1. The number of pyridine rings is 1. The second-order valence-electron chi connectivity index (χ2n) is 4.26. The lowest BCUT2D eigenvalue weighted by molar-refractivity contribution is 0.0836. The summed E-state index contributed by atoms with van der Waals surface area (Å²) in [5, 5.41) is 11.1. The zero-order chi connectivity index (χ0) is 13.0. The van der Waals surface area contributed by atoms with Gasteiger partial charge < -0.3 is 5.11 Å². The number of aliphatic hydroxyl groups is 1. The number of halogens is 1. The molecule has 0 bridgehead atoms. The molecule has 0 fully saturated rings. The number of nitrogens with zero attached hydrogens (tertiary/aromatic N) is 1. The Balaban J connectivity index is 2.03. The summed E-state index contributed by atoms with van der Waals surface area (Å²) in [5.41, 5.74) is -0.0649. The first kappa shape index (κ1) is 13.4. The molecule has 0 spiro atoms. The normalized spacial score (nSPS) is 14.2. The third-order valence-electron chi connectivity index (χ3n) is 2.62. The molecule has 0 aliphatic carbocycles. The highest BCUT2D eigenvalue weighted by atomic mass is 35.5. The van der Waals surface area contributed by atoms with E-state index in [-0.39, 0.29) is 0 Å². The Bertz CT molecular complexity index is 499. The fraction of sp³-hybridized carbons (Fsp3) is 0.214. The highest BCUT2D eigenvalue weighted by Crippen LogP contribution is 2.29. The van der Waals surface area contributed by atoms with Crippen molar-refractivity contribution in [1.29, 1.82) is 0 Å². The lowest BCUT2D eigenvalue weighted by Crippen LogP contribution is -2.24. The molecule has 4 heteroatoms. The first-order chi connectivity index (χ1) is 8.58. The summed E-state index contributed by atoms with van der Waals surface area (Å²) in [4.78, 5) is 5.12. The van der Waals surface area contributed by atoms with Gasteiger partial charge in [0, 0.05) is 33.6 Å². The number of benzene rings is 1. The maximum absolute atomic E-state index is 10.4. The van der Waals surface area contributed by atoms with Crippen LogP contribution in [0.3, 0.4) is 0 Å². The molecular weight excluding hydrogens is 266 g/mol. The lowest BCUT2D eigenvalue weighted by atomic mass is 10.0. The van der Waals surface area contributed by atoms with Crippen LogP contribution in [0.2, 0.25) is 5.02 Å². The molecule has 1 heterocycles. The molecule has 1 N–H and O–H groups in total. The van der Waals surface area contributed by atoms with Crippen LogP contribution in [0.4, 0.5) is 0 Å². The molecule has 0 radical (unpaired) electrons. The van der Waals surface area contributed by atoms with Crippen LogP contribution < -0.4 is 0 Å². The summed E-state index contributed by atoms with van der Waals surface area (Å²) < 4.78 is 0. The molecular formula is C14H14ClNOS. The smallest absolute Gasteiger partial charge is 0.0976 e. The fourth-order valence-corrected chi connectivity index (χ4v) is 2.59. The Morgan fingerprint density at radius 1 is 1.28 bits per heavy atom. The summed E-state index contributed by atoms with van der Waals surface area (Å²) in [6.07, 6.45) is 3.40. The zero-order valence-electron chi connectivity index (χ0n) is 10.0. The van der Waals surface area contributed by atoms with E-state index in [1.807, 2.05) is 36.4 Å². The monoisotopic (exact) mass is 279 g/mol. The fourth-order valence-electron chi connectivity index (χ4n) is 1.52. The van der Waals surface area contributed by atoms with Gasteiger partial charge in [-0.25, -0.2) is 0 Å². The van der Waals surface area contributed by atoms with E-state index < -0.39 is 5.60 Å². The van der Waals surface area contributed by atoms with Gasteiger partial charge in [-0.2, -0.15) is 0 Å². The highest BCUT2D eigenvalue weighted by Gasteiger charge is 2.23. The van der Waals surface area contributed by atoms with Crippen LogP contribution in [0.5, 0.6) is 0 Å². The van der Waals surface area contributed by atoms with Crippen LogP contribution >= 0.6 is 23.4 Å². The number of hydrogen-bond acceptors (Lipinski definition) is 3. The zero-order valence-corrected chi connectivity index (χ0v) is 11.6. The van der Waals surface area contributed by atoms with E-state index in [0.29, 0.717) is 5.75 Å². The molecule has 0 aliphatic heterocycles. The molecule has 1 aromatic carbocycles. The van der Waals surface area contributed by atoms with E-state index >= 15 is 0 Å². The average Bonchev–Trinajstić information content (AvgIpc) is 2.39. The van der Waals surface area contributed by atoms with E-state index in [1.54, 1.807) is 31.1 Å². The van der Waals surface area contributed by atoms with E-state index in [0.717, 1.165) is 15.5 Å². The number of rotatable bonds is 4. The van der Waals surface area contributed by atoms with Crippen LogP contribution in [-0.4, -0.2) is 15.8 Å². The van der Waals surface area contributed by atoms with Crippen molar-refractivity contribution in [3.8, 4) is 0 Å². The van der Waals surface area contributed by atoms with Crippen molar-refractivity contribution in [2.45, 2.75) is 17.4 Å². The largest absolute Gasteiger partial charge is 0.385 e. The minimum Gasteiger partial charge on any atom is -0.385 e. The van der Waals surface area contributed by atoms with Crippen LogP contribution in [-0.2, 0) is 5.60 Å². The van der Waals surface area contributed by atoms with Gasteiger partial charge in [-0.1, -0.05) is 17.7 Å². The van der Waals surface area contributed by atoms with E-state index in [9.17, 15) is 5.11 Å². The van der Waals surface area contributed by atoms with Gasteiger partial charge in [-0.05, 0) is 37.3 Å². The van der Waals surface area contributed by atoms with Gasteiger partial charge >= 0.3 is 0 Å². The summed E-state index contributed by atoms with van der Waals surface area (Å²) in [7, 11) is 0. The molecule has 18 heavy (non-hydrogen) atoms. The van der Waals surface area contributed by atoms with Crippen LogP contribution in [0.15, 0.2) is 53.7 Å². The quantitative estimate of drug-likeness (QED) is 0.866. The summed E-state index contributed by atoms with van der Waals surface area (Å²) in [5.74, 6) is 0.570. The molecule has 1 atom stereocenters. The minimum absolute atomic E-state index is 0.570. The first-order valence-electron chi connectivity index (χ1n) is 5.59. The van der Waals surface area contributed by atoms with Gasteiger partial charge in [0.15, 0.2) is 0 Å². The Labute approximate surface area is 116 Å². The summed E-state index contributed by atoms with van der Waals surface area (Å²) in [6.45, 7) is 1.80. The average molecular weight is 280 g/mol. The van der Waals surface area contributed by atoms with Crippen LogP contribution in [0.25, 0.3) is 0 Å². The van der Waals surface area contributed by atoms with Gasteiger partial charge in [-0.3, -0.25) is 4.98 Å². The second kappa shape index (κ2) is 5.74. The molecule has 0 aliphatic rings. The van der Waals surface area contributed by atoms with Crippen molar-refractivity contribution >= 4 is 23.4 Å². The Morgan fingerprint density at radius 3 is 2.61 bits per heavy atom. The van der Waals surface area contributed by atoms with Crippen molar-refractivity contribution in [3.05, 3.63) is 59.4 Å². The van der Waals surface area contributed by atoms with Gasteiger partial charge in [0.25, 0.3) is 0 Å². The van der Waals surface area contributed by atoms with Crippen molar-refractivity contribution < 1.29 is 5.11 Å². The van der Waals surface area contributed by atoms with Crippen molar-refractivity contribution in [1.82, 2.24) is 4.98 Å². The highest BCUT2D eigenvalue weighted by molar-refractivity contribution is 7.99. The van der Waals surface area contributed by atoms with Crippen molar-refractivity contribution in [3.63, 3.8) is 0 Å². The van der Waals surface area contributed by atoms with Gasteiger partial charge in [0.2, 0.25) is 0 Å². The molecule has 2 rings (SSSR count). The van der Waals surface area contributed by atoms with Crippen LogP contribution in [0, 0.1) is 0 Å². The standard InChI is InChI=1S/C14H14ClNOS/c1-14(17,11-3-2-8-16-9-11)10-18-13-6-4-12(15)5-7-13/h2-9,17H,10H2,1H3. The van der Waals surface area contributed by atoms with E-state index in [4.69, 9.17) is 11.6 Å². The lowest BCUT2D eigenvalue weighted by Gasteiger charge is -2.22. The molecule has 94 valence electrons. The van der Waals surface area contributed by atoms with Crippen molar-refractivity contribution in [2.75, 3.05) is 5.75 Å². The van der Waals surface area contributed by atoms with Crippen molar-refractivity contribution in [2.24, 2.45) is 0 Å². The molecule has 1 aromatic heterocycles. The number of thioether (sulfide) groups is 1. The van der Waals surface area contributed by atoms with E-state index in [1.165, 1.54) is 0 Å². The molecule has 0 amide bonds. The Morgan fingerprint density at radius 2 is 2.00 bits per heavy atom. The Hall–Kier alpha value is -1.03. The van der Waals surface area contributed by atoms with Gasteiger partial charge in [0.1, 0.15) is 0 Å².